The Morgan fingerprint density at radius 3 is 2.26 bits per heavy atom. The standard InChI is InChI=1S/C13H7BrClI3O/c14-8-2-1-7(10(15)3-8)6-19-13-11(17)4-9(16)5-12(13)18/h1-5H,6H2. The van der Waals surface area contributed by atoms with Crippen molar-refractivity contribution in [3.05, 3.63) is 56.1 Å². The van der Waals surface area contributed by atoms with Crippen LogP contribution in [0, 0.1) is 10.7 Å². The highest BCUT2D eigenvalue weighted by molar-refractivity contribution is 14.1. The smallest absolute Gasteiger partial charge is 0.146 e. The molecule has 0 radical (unpaired) electrons. The maximum absolute atomic E-state index is 6.19. The Bertz CT molecular complexity index is 596. The minimum Gasteiger partial charge on any atom is -0.487 e. The second-order valence-electron chi connectivity index (χ2n) is 3.72. The molecule has 1 nitrogen and oxygen atoms in total. The Kier molecular flexibility index (Phi) is 6.50. The highest BCUT2D eigenvalue weighted by Gasteiger charge is 2.09. The van der Waals surface area contributed by atoms with Gasteiger partial charge in [-0.05, 0) is 92.0 Å². The lowest BCUT2D eigenvalue weighted by molar-refractivity contribution is 0.302. The molecule has 19 heavy (non-hydrogen) atoms. The molecule has 6 heteroatoms. The number of ether oxygens (including phenoxy) is 1. The third kappa shape index (κ3) is 4.58. The number of halogens is 5. The van der Waals surface area contributed by atoms with Crippen LogP contribution >= 0.6 is 95.3 Å². The van der Waals surface area contributed by atoms with Gasteiger partial charge in [0, 0.05) is 18.6 Å². The second kappa shape index (κ2) is 7.46. The van der Waals surface area contributed by atoms with Gasteiger partial charge in [-0.3, -0.25) is 0 Å². The van der Waals surface area contributed by atoms with Crippen molar-refractivity contribution in [1.29, 1.82) is 0 Å². The topological polar surface area (TPSA) is 9.23 Å². The molecule has 0 saturated heterocycles. The van der Waals surface area contributed by atoms with E-state index in [0.717, 1.165) is 22.9 Å². The van der Waals surface area contributed by atoms with Crippen LogP contribution in [0.25, 0.3) is 0 Å². The summed E-state index contributed by atoms with van der Waals surface area (Å²) in [7, 11) is 0. The lowest BCUT2D eigenvalue weighted by atomic mass is 10.2. The third-order valence-electron chi connectivity index (χ3n) is 2.35. The molecule has 0 aromatic heterocycles. The lowest BCUT2D eigenvalue weighted by Crippen LogP contribution is -2.00. The van der Waals surface area contributed by atoms with E-state index in [2.05, 4.69) is 95.8 Å². The van der Waals surface area contributed by atoms with Crippen molar-refractivity contribution in [2.75, 3.05) is 0 Å². The van der Waals surface area contributed by atoms with Crippen molar-refractivity contribution in [3.8, 4) is 5.75 Å². The molecule has 0 heterocycles. The van der Waals surface area contributed by atoms with E-state index in [9.17, 15) is 0 Å². The molecule has 0 aliphatic heterocycles. The summed E-state index contributed by atoms with van der Waals surface area (Å²) < 4.78 is 10.3. The predicted octanol–water partition coefficient (Wildman–Crippen LogP) is 6.50. The fourth-order valence-corrected chi connectivity index (χ4v) is 6.08. The maximum Gasteiger partial charge on any atom is 0.146 e. The summed E-state index contributed by atoms with van der Waals surface area (Å²) in [6, 6.07) is 10.0. The van der Waals surface area contributed by atoms with Gasteiger partial charge < -0.3 is 4.74 Å². The average Bonchev–Trinajstić information content (AvgIpc) is 2.30. The van der Waals surface area contributed by atoms with E-state index in [4.69, 9.17) is 16.3 Å². The number of hydrogen-bond donors (Lipinski definition) is 0. The van der Waals surface area contributed by atoms with E-state index in [-0.39, 0.29) is 0 Å². The first-order valence-corrected chi connectivity index (χ1v) is 9.59. The molecule has 0 saturated carbocycles. The lowest BCUT2D eigenvalue weighted by Gasteiger charge is -2.12. The monoisotopic (exact) mass is 674 g/mol. The summed E-state index contributed by atoms with van der Waals surface area (Å²) in [6.07, 6.45) is 0. The van der Waals surface area contributed by atoms with E-state index in [1.807, 2.05) is 18.2 Å². The van der Waals surface area contributed by atoms with Gasteiger partial charge in [-0.2, -0.15) is 0 Å². The molecular formula is C13H7BrClI3O. The Morgan fingerprint density at radius 1 is 1.05 bits per heavy atom. The van der Waals surface area contributed by atoms with Crippen LogP contribution in [0.2, 0.25) is 5.02 Å². The largest absolute Gasteiger partial charge is 0.487 e. The number of hydrogen-bond acceptors (Lipinski definition) is 1. The molecule has 0 bridgehead atoms. The SMILES string of the molecule is Clc1cc(Br)ccc1COc1c(I)cc(I)cc1I. The first kappa shape index (κ1) is 16.6. The maximum atomic E-state index is 6.19. The van der Waals surface area contributed by atoms with Crippen molar-refractivity contribution >= 4 is 95.3 Å². The zero-order valence-electron chi connectivity index (χ0n) is 9.39. The summed E-state index contributed by atoms with van der Waals surface area (Å²) in [5.41, 5.74) is 0.981. The van der Waals surface area contributed by atoms with Crippen LogP contribution in [0.1, 0.15) is 5.56 Å². The van der Waals surface area contributed by atoms with Crippen LogP contribution in [0.5, 0.6) is 5.75 Å². The minimum atomic E-state index is 0.471. The van der Waals surface area contributed by atoms with Crippen molar-refractivity contribution in [2.45, 2.75) is 6.61 Å². The van der Waals surface area contributed by atoms with Crippen molar-refractivity contribution in [2.24, 2.45) is 0 Å². The molecule has 2 aromatic carbocycles. The fraction of sp³-hybridized carbons (Fsp3) is 0.0769. The molecule has 2 rings (SSSR count). The zero-order chi connectivity index (χ0) is 14.0. The highest BCUT2D eigenvalue weighted by atomic mass is 127. The van der Waals surface area contributed by atoms with E-state index >= 15 is 0 Å². The van der Waals surface area contributed by atoms with Crippen LogP contribution in [-0.2, 0) is 6.61 Å². The first-order valence-electron chi connectivity index (χ1n) is 5.18. The van der Waals surface area contributed by atoms with Gasteiger partial charge in [0.15, 0.2) is 0 Å². The van der Waals surface area contributed by atoms with Gasteiger partial charge in [-0.15, -0.1) is 0 Å². The quantitative estimate of drug-likeness (QED) is 0.338. The van der Waals surface area contributed by atoms with Crippen LogP contribution in [0.15, 0.2) is 34.8 Å². The molecule has 100 valence electrons. The molecule has 0 unspecified atom stereocenters. The summed E-state index contributed by atoms with van der Waals surface area (Å²) in [4.78, 5) is 0. The molecule has 0 fully saturated rings. The van der Waals surface area contributed by atoms with Gasteiger partial charge >= 0.3 is 0 Å². The van der Waals surface area contributed by atoms with Gasteiger partial charge in [0.2, 0.25) is 0 Å². The molecular weight excluding hydrogens is 668 g/mol. The second-order valence-corrected chi connectivity index (χ2v) is 8.62. The van der Waals surface area contributed by atoms with Crippen LogP contribution < -0.4 is 4.74 Å². The minimum absolute atomic E-state index is 0.471. The number of benzene rings is 2. The molecule has 2 aromatic rings. The normalized spacial score (nSPS) is 10.6. The molecule has 0 amide bonds. The Morgan fingerprint density at radius 2 is 1.68 bits per heavy atom. The van der Waals surface area contributed by atoms with Gasteiger partial charge in [0.25, 0.3) is 0 Å². The Balaban J connectivity index is 2.19. The molecule has 0 N–H and O–H groups in total. The average molecular weight is 675 g/mol. The van der Waals surface area contributed by atoms with Crippen molar-refractivity contribution in [1.82, 2.24) is 0 Å². The molecule has 0 aliphatic rings. The molecule has 0 atom stereocenters. The fourth-order valence-electron chi connectivity index (χ4n) is 1.46. The zero-order valence-corrected chi connectivity index (χ0v) is 18.2. The summed E-state index contributed by atoms with van der Waals surface area (Å²) in [5, 5.41) is 0.713. The van der Waals surface area contributed by atoms with Crippen LogP contribution in [0.4, 0.5) is 0 Å². The number of rotatable bonds is 3. The van der Waals surface area contributed by atoms with Crippen LogP contribution in [0.3, 0.4) is 0 Å². The first-order chi connectivity index (χ1) is 8.97. The highest BCUT2D eigenvalue weighted by Crippen LogP contribution is 2.31. The summed E-state index contributed by atoms with van der Waals surface area (Å²) in [6.45, 7) is 0.471. The van der Waals surface area contributed by atoms with Gasteiger partial charge in [-0.25, -0.2) is 0 Å². The Hall–Kier alpha value is 1.20. The van der Waals surface area contributed by atoms with Crippen molar-refractivity contribution < 1.29 is 4.74 Å². The summed E-state index contributed by atoms with van der Waals surface area (Å²) >= 11 is 16.5. The van der Waals surface area contributed by atoms with E-state index in [1.165, 1.54) is 3.57 Å². The van der Waals surface area contributed by atoms with E-state index in [0.29, 0.717) is 11.6 Å². The van der Waals surface area contributed by atoms with Gasteiger partial charge in [0.1, 0.15) is 12.4 Å². The van der Waals surface area contributed by atoms with Crippen molar-refractivity contribution in [3.63, 3.8) is 0 Å². The van der Waals surface area contributed by atoms with E-state index in [1.54, 1.807) is 0 Å². The van der Waals surface area contributed by atoms with Gasteiger partial charge in [0.05, 0.1) is 7.14 Å². The predicted molar refractivity (Wildman–Crippen MR) is 108 cm³/mol. The van der Waals surface area contributed by atoms with Gasteiger partial charge in [-0.1, -0.05) is 33.6 Å². The van der Waals surface area contributed by atoms with Crippen LogP contribution in [-0.4, -0.2) is 0 Å². The Labute approximate surface area is 166 Å². The molecule has 0 spiro atoms. The van der Waals surface area contributed by atoms with E-state index < -0.39 is 0 Å². The third-order valence-corrected chi connectivity index (χ3v) is 5.42. The molecule has 0 aliphatic carbocycles. The summed E-state index contributed by atoms with van der Waals surface area (Å²) in [5.74, 6) is 0.917.